The molecule has 2 aromatic carbocycles. The molecule has 1 heterocycles. The van der Waals surface area contributed by atoms with Gasteiger partial charge in [-0.25, -0.2) is 0 Å². The topological polar surface area (TPSA) is 50.2 Å². The van der Waals surface area contributed by atoms with Crippen LogP contribution in [0.4, 0.5) is 0 Å². The minimum Gasteiger partial charge on any atom is -0.508 e. The second-order valence-corrected chi connectivity index (χ2v) is 4.65. The lowest BCUT2D eigenvalue weighted by atomic mass is 10.0. The first-order chi connectivity index (χ1) is 9.74. The summed E-state index contributed by atoms with van der Waals surface area (Å²) in [7, 11) is 0. The van der Waals surface area contributed by atoms with Gasteiger partial charge < -0.3 is 5.11 Å². The number of phenolic OH excluding ortho intramolecular Hbond substituents is 1. The van der Waals surface area contributed by atoms with E-state index in [1.54, 1.807) is 30.5 Å². The lowest BCUT2D eigenvalue weighted by Crippen LogP contribution is -2.06. The number of nitrogens with zero attached hydrogens (tertiary/aromatic N) is 1. The third-order valence-electron chi connectivity index (χ3n) is 3.24. The molecule has 0 aliphatic heterocycles. The molecule has 0 saturated heterocycles. The molecule has 0 saturated carbocycles. The van der Waals surface area contributed by atoms with Crippen molar-refractivity contribution in [2.45, 2.75) is 6.42 Å². The number of hydrogen-bond acceptors (Lipinski definition) is 3. The van der Waals surface area contributed by atoms with Crippen molar-refractivity contribution < 1.29 is 9.90 Å². The molecule has 0 aliphatic carbocycles. The van der Waals surface area contributed by atoms with Gasteiger partial charge in [-0.15, -0.1) is 0 Å². The fourth-order valence-corrected chi connectivity index (χ4v) is 2.22. The molecule has 0 atom stereocenters. The number of fused-ring (bicyclic) bond motifs is 1. The number of aromatic hydroxyl groups is 1. The third kappa shape index (κ3) is 2.38. The van der Waals surface area contributed by atoms with Crippen molar-refractivity contribution >= 4 is 16.6 Å². The van der Waals surface area contributed by atoms with Gasteiger partial charge in [-0.3, -0.25) is 9.78 Å². The minimum absolute atomic E-state index is 0.0208. The highest BCUT2D eigenvalue weighted by atomic mass is 16.3. The number of phenols is 1. The Morgan fingerprint density at radius 2 is 1.75 bits per heavy atom. The normalized spacial score (nSPS) is 10.6. The molecule has 3 aromatic rings. The van der Waals surface area contributed by atoms with E-state index in [9.17, 15) is 9.90 Å². The fourth-order valence-electron chi connectivity index (χ4n) is 2.22. The average Bonchev–Trinajstić information content (AvgIpc) is 2.49. The van der Waals surface area contributed by atoms with Gasteiger partial charge in [0.15, 0.2) is 5.78 Å². The Morgan fingerprint density at radius 1 is 1.00 bits per heavy atom. The van der Waals surface area contributed by atoms with Crippen molar-refractivity contribution in [1.82, 2.24) is 4.98 Å². The molecule has 98 valence electrons. The molecule has 0 amide bonds. The number of hydrogen-bond donors (Lipinski definition) is 1. The zero-order valence-electron chi connectivity index (χ0n) is 10.8. The molecule has 0 unspecified atom stereocenters. The summed E-state index contributed by atoms with van der Waals surface area (Å²) < 4.78 is 0. The highest BCUT2D eigenvalue weighted by Crippen LogP contribution is 2.18. The SMILES string of the molecule is O=C(Cc1ccc(O)cc1)c1nccc2ccccc12. The van der Waals surface area contributed by atoms with Crippen LogP contribution in [0.3, 0.4) is 0 Å². The first-order valence-corrected chi connectivity index (χ1v) is 6.39. The van der Waals surface area contributed by atoms with Crippen LogP contribution in [0.15, 0.2) is 60.8 Å². The molecular formula is C17H13NO2. The molecule has 3 rings (SSSR count). The van der Waals surface area contributed by atoms with Crippen LogP contribution in [0, 0.1) is 0 Å². The summed E-state index contributed by atoms with van der Waals surface area (Å²) in [5.74, 6) is 0.178. The summed E-state index contributed by atoms with van der Waals surface area (Å²) in [6, 6.07) is 16.3. The van der Waals surface area contributed by atoms with Crippen LogP contribution in [0.25, 0.3) is 10.8 Å². The number of rotatable bonds is 3. The van der Waals surface area contributed by atoms with Gasteiger partial charge in [0.05, 0.1) is 0 Å². The Kier molecular flexibility index (Phi) is 3.17. The van der Waals surface area contributed by atoms with Crippen LogP contribution in [0.5, 0.6) is 5.75 Å². The molecule has 1 aromatic heterocycles. The van der Waals surface area contributed by atoms with Gasteiger partial charge in [0, 0.05) is 18.0 Å². The van der Waals surface area contributed by atoms with Gasteiger partial charge in [-0.2, -0.15) is 0 Å². The maximum absolute atomic E-state index is 12.4. The summed E-state index contributed by atoms with van der Waals surface area (Å²) in [5.41, 5.74) is 1.36. The number of ketones is 1. The van der Waals surface area contributed by atoms with Crippen molar-refractivity contribution in [2.24, 2.45) is 0 Å². The number of benzene rings is 2. The molecule has 0 fully saturated rings. The van der Waals surface area contributed by atoms with Crippen molar-refractivity contribution in [2.75, 3.05) is 0 Å². The smallest absolute Gasteiger partial charge is 0.186 e. The fraction of sp³-hybridized carbons (Fsp3) is 0.0588. The summed E-state index contributed by atoms with van der Waals surface area (Å²) in [6.45, 7) is 0. The zero-order chi connectivity index (χ0) is 13.9. The Bertz CT molecular complexity index is 758. The predicted octanol–water partition coefficient (Wildman–Crippen LogP) is 3.37. The average molecular weight is 263 g/mol. The molecule has 3 nitrogen and oxygen atoms in total. The third-order valence-corrected chi connectivity index (χ3v) is 3.24. The van der Waals surface area contributed by atoms with Crippen LogP contribution in [-0.2, 0) is 6.42 Å². The number of carbonyl (C=O) groups excluding carboxylic acids is 1. The van der Waals surface area contributed by atoms with E-state index >= 15 is 0 Å². The number of Topliss-reactive ketones (excluding diaryl/α,β-unsaturated/α-hetero) is 1. The Morgan fingerprint density at radius 3 is 2.55 bits per heavy atom. The number of carbonyl (C=O) groups is 1. The first kappa shape index (κ1) is 12.4. The molecule has 1 N–H and O–H groups in total. The molecule has 20 heavy (non-hydrogen) atoms. The Hall–Kier alpha value is -2.68. The maximum atomic E-state index is 12.4. The summed E-state index contributed by atoms with van der Waals surface area (Å²) >= 11 is 0. The largest absolute Gasteiger partial charge is 0.508 e. The van der Waals surface area contributed by atoms with Gasteiger partial charge in [-0.05, 0) is 29.1 Å². The molecule has 0 radical (unpaired) electrons. The van der Waals surface area contributed by atoms with E-state index in [1.807, 2.05) is 30.3 Å². The first-order valence-electron chi connectivity index (χ1n) is 6.39. The van der Waals surface area contributed by atoms with E-state index in [4.69, 9.17) is 0 Å². The van der Waals surface area contributed by atoms with E-state index < -0.39 is 0 Å². The van der Waals surface area contributed by atoms with Gasteiger partial charge >= 0.3 is 0 Å². The monoisotopic (exact) mass is 263 g/mol. The van der Waals surface area contributed by atoms with E-state index in [2.05, 4.69) is 4.98 Å². The second kappa shape index (κ2) is 5.13. The quantitative estimate of drug-likeness (QED) is 0.737. The van der Waals surface area contributed by atoms with E-state index in [1.165, 1.54) is 0 Å². The zero-order valence-corrected chi connectivity index (χ0v) is 10.8. The van der Waals surface area contributed by atoms with Crippen LogP contribution in [-0.4, -0.2) is 15.9 Å². The maximum Gasteiger partial charge on any atom is 0.186 e. The van der Waals surface area contributed by atoms with Crippen molar-refractivity contribution in [1.29, 1.82) is 0 Å². The lowest BCUT2D eigenvalue weighted by Gasteiger charge is -2.05. The number of pyridine rings is 1. The van der Waals surface area contributed by atoms with Crippen LogP contribution in [0.1, 0.15) is 16.1 Å². The van der Waals surface area contributed by atoms with Crippen LogP contribution in [0.2, 0.25) is 0 Å². The summed E-state index contributed by atoms with van der Waals surface area (Å²) in [5, 5.41) is 11.1. The Labute approximate surface area is 116 Å². The van der Waals surface area contributed by atoms with Gasteiger partial charge in [-0.1, -0.05) is 36.4 Å². The molecule has 3 heteroatoms. The molecule has 0 bridgehead atoms. The van der Waals surface area contributed by atoms with Gasteiger partial charge in [0.25, 0.3) is 0 Å². The predicted molar refractivity (Wildman–Crippen MR) is 77.9 cm³/mol. The molecule has 0 aliphatic rings. The summed E-state index contributed by atoms with van der Waals surface area (Å²) in [6.07, 6.45) is 1.94. The summed E-state index contributed by atoms with van der Waals surface area (Å²) in [4.78, 5) is 16.6. The Balaban J connectivity index is 1.94. The van der Waals surface area contributed by atoms with Crippen LogP contribution < -0.4 is 0 Å². The standard InChI is InChI=1S/C17H13NO2/c19-14-7-5-12(6-8-14)11-16(20)17-15-4-2-1-3-13(15)9-10-18-17/h1-10,19H,11H2. The van der Waals surface area contributed by atoms with Gasteiger partial charge in [0.2, 0.25) is 0 Å². The molecule has 0 spiro atoms. The lowest BCUT2D eigenvalue weighted by molar-refractivity contribution is 0.0990. The highest BCUT2D eigenvalue weighted by Gasteiger charge is 2.12. The van der Waals surface area contributed by atoms with E-state index in [0.717, 1.165) is 16.3 Å². The van der Waals surface area contributed by atoms with Crippen molar-refractivity contribution in [3.05, 3.63) is 72.1 Å². The number of aromatic nitrogens is 1. The van der Waals surface area contributed by atoms with Gasteiger partial charge in [0.1, 0.15) is 11.4 Å². The van der Waals surface area contributed by atoms with E-state index in [-0.39, 0.29) is 18.0 Å². The minimum atomic E-state index is -0.0208. The molecular weight excluding hydrogens is 250 g/mol. The highest BCUT2D eigenvalue weighted by molar-refractivity contribution is 6.07. The van der Waals surface area contributed by atoms with Crippen LogP contribution >= 0.6 is 0 Å². The van der Waals surface area contributed by atoms with Crippen molar-refractivity contribution in [3.8, 4) is 5.75 Å². The van der Waals surface area contributed by atoms with Crippen molar-refractivity contribution in [3.63, 3.8) is 0 Å². The van der Waals surface area contributed by atoms with E-state index in [0.29, 0.717) is 5.69 Å². The second-order valence-electron chi connectivity index (χ2n) is 4.65.